The fourth-order valence-corrected chi connectivity index (χ4v) is 2.97. The topological polar surface area (TPSA) is 111 Å². The Hall–Kier alpha value is -4.07. The molecule has 8 heteroatoms. The molecule has 2 aromatic carbocycles. The standard InChI is InChI=1S/C21H16N2O6/c1-12-14-9-8-13-5-2-3-6-15(13)19(14)29-18(12)21(26)28-11-17(24)22-23-20(25)16-7-4-10-27-16/h2-10H,11H2,1H3,(H,22,24)(H,23,25). The van der Waals surface area contributed by atoms with Gasteiger partial charge >= 0.3 is 11.9 Å². The highest BCUT2D eigenvalue weighted by atomic mass is 16.5. The van der Waals surface area contributed by atoms with Gasteiger partial charge in [0.1, 0.15) is 5.58 Å². The van der Waals surface area contributed by atoms with Gasteiger partial charge in [-0.15, -0.1) is 0 Å². The number of hydrazine groups is 1. The van der Waals surface area contributed by atoms with Gasteiger partial charge in [-0.2, -0.15) is 0 Å². The molecule has 0 unspecified atom stereocenters. The molecule has 146 valence electrons. The summed E-state index contributed by atoms with van der Waals surface area (Å²) in [5, 5.41) is 2.66. The van der Waals surface area contributed by atoms with Gasteiger partial charge in [0.2, 0.25) is 5.76 Å². The van der Waals surface area contributed by atoms with Crippen molar-refractivity contribution in [2.45, 2.75) is 6.92 Å². The zero-order chi connectivity index (χ0) is 20.4. The van der Waals surface area contributed by atoms with E-state index in [0.29, 0.717) is 11.1 Å². The summed E-state index contributed by atoms with van der Waals surface area (Å²) in [5.41, 5.74) is 5.50. The lowest BCUT2D eigenvalue weighted by molar-refractivity contribution is -0.125. The number of carbonyl (C=O) groups is 3. The van der Waals surface area contributed by atoms with Gasteiger partial charge in [-0.1, -0.05) is 36.4 Å². The van der Waals surface area contributed by atoms with Crippen molar-refractivity contribution < 1.29 is 28.0 Å². The Morgan fingerprint density at radius 3 is 2.59 bits per heavy atom. The van der Waals surface area contributed by atoms with Crippen LogP contribution in [0, 0.1) is 6.92 Å². The predicted octanol–water partition coefficient (Wildman–Crippen LogP) is 3.11. The van der Waals surface area contributed by atoms with E-state index in [4.69, 9.17) is 13.6 Å². The number of ether oxygens (including phenoxy) is 1. The van der Waals surface area contributed by atoms with Crippen LogP contribution in [0.5, 0.6) is 0 Å². The van der Waals surface area contributed by atoms with Gasteiger partial charge in [0, 0.05) is 16.3 Å². The molecule has 29 heavy (non-hydrogen) atoms. The maximum Gasteiger partial charge on any atom is 0.375 e. The highest BCUT2D eigenvalue weighted by Gasteiger charge is 2.21. The quantitative estimate of drug-likeness (QED) is 0.408. The summed E-state index contributed by atoms with van der Waals surface area (Å²) in [7, 11) is 0. The number of hydrogen-bond acceptors (Lipinski definition) is 6. The molecular weight excluding hydrogens is 376 g/mol. The third-order valence-corrected chi connectivity index (χ3v) is 4.41. The van der Waals surface area contributed by atoms with Crippen molar-refractivity contribution >= 4 is 39.5 Å². The lowest BCUT2D eigenvalue weighted by Gasteiger charge is -2.06. The second-order valence-electron chi connectivity index (χ2n) is 6.28. The van der Waals surface area contributed by atoms with Crippen LogP contribution in [0.3, 0.4) is 0 Å². The molecule has 4 rings (SSSR count). The molecule has 2 amide bonds. The fourth-order valence-electron chi connectivity index (χ4n) is 2.97. The minimum atomic E-state index is -0.768. The number of amides is 2. The molecule has 0 saturated heterocycles. The van der Waals surface area contributed by atoms with Crippen LogP contribution in [0.1, 0.15) is 26.7 Å². The smallest absolute Gasteiger partial charge is 0.375 e. The summed E-state index contributed by atoms with van der Waals surface area (Å²) in [5.74, 6) is -2.04. The van der Waals surface area contributed by atoms with E-state index < -0.39 is 24.4 Å². The van der Waals surface area contributed by atoms with Gasteiger partial charge < -0.3 is 13.6 Å². The largest absolute Gasteiger partial charge is 0.459 e. The van der Waals surface area contributed by atoms with Crippen molar-refractivity contribution in [1.29, 1.82) is 0 Å². The number of furan rings is 2. The lowest BCUT2D eigenvalue weighted by atomic mass is 10.1. The Morgan fingerprint density at radius 1 is 0.966 bits per heavy atom. The SMILES string of the molecule is Cc1c(C(=O)OCC(=O)NNC(=O)c2ccco2)oc2c1ccc1ccccc12. The van der Waals surface area contributed by atoms with Crippen molar-refractivity contribution in [2.75, 3.05) is 6.61 Å². The normalized spacial score (nSPS) is 10.8. The van der Waals surface area contributed by atoms with Crippen LogP contribution in [-0.4, -0.2) is 24.4 Å². The Labute approximate surface area is 164 Å². The van der Waals surface area contributed by atoms with Crippen LogP contribution in [0.25, 0.3) is 21.7 Å². The minimum absolute atomic E-state index is 0.0313. The monoisotopic (exact) mass is 392 g/mol. The molecule has 2 heterocycles. The molecule has 2 aromatic heterocycles. The summed E-state index contributed by atoms with van der Waals surface area (Å²) in [6.45, 7) is 1.16. The molecule has 0 bridgehead atoms. The number of benzene rings is 2. The summed E-state index contributed by atoms with van der Waals surface area (Å²) in [4.78, 5) is 35.9. The maximum absolute atomic E-state index is 12.4. The van der Waals surface area contributed by atoms with Crippen molar-refractivity contribution in [1.82, 2.24) is 10.9 Å². The average Bonchev–Trinajstić information content (AvgIpc) is 3.39. The molecule has 0 aliphatic rings. The van der Waals surface area contributed by atoms with Crippen LogP contribution < -0.4 is 10.9 Å². The third kappa shape index (κ3) is 3.55. The van der Waals surface area contributed by atoms with Crippen molar-refractivity contribution in [3.63, 3.8) is 0 Å². The first-order chi connectivity index (χ1) is 14.0. The first-order valence-corrected chi connectivity index (χ1v) is 8.75. The molecule has 2 N–H and O–H groups in total. The Kier molecular flexibility index (Phi) is 4.74. The van der Waals surface area contributed by atoms with E-state index in [1.54, 1.807) is 6.92 Å². The van der Waals surface area contributed by atoms with Crippen LogP contribution >= 0.6 is 0 Å². The molecule has 0 radical (unpaired) electrons. The average molecular weight is 392 g/mol. The van der Waals surface area contributed by atoms with Gasteiger partial charge in [-0.05, 0) is 24.4 Å². The summed E-state index contributed by atoms with van der Waals surface area (Å²) >= 11 is 0. The molecule has 0 spiro atoms. The van der Waals surface area contributed by atoms with E-state index in [1.165, 1.54) is 18.4 Å². The molecule has 0 aliphatic carbocycles. The second kappa shape index (κ2) is 7.51. The van der Waals surface area contributed by atoms with Crippen molar-refractivity contribution in [3.05, 3.63) is 71.9 Å². The highest BCUT2D eigenvalue weighted by molar-refractivity contribution is 6.08. The Morgan fingerprint density at radius 2 is 1.79 bits per heavy atom. The predicted molar refractivity (Wildman–Crippen MR) is 103 cm³/mol. The number of hydrogen-bond donors (Lipinski definition) is 2. The van der Waals surface area contributed by atoms with E-state index in [0.717, 1.165) is 16.2 Å². The Balaban J connectivity index is 1.42. The molecule has 0 fully saturated rings. The van der Waals surface area contributed by atoms with Crippen LogP contribution in [0.2, 0.25) is 0 Å². The lowest BCUT2D eigenvalue weighted by Crippen LogP contribution is -2.43. The maximum atomic E-state index is 12.4. The highest BCUT2D eigenvalue weighted by Crippen LogP contribution is 2.31. The second-order valence-corrected chi connectivity index (χ2v) is 6.28. The summed E-state index contributed by atoms with van der Waals surface area (Å²) < 4.78 is 15.7. The molecule has 0 atom stereocenters. The number of aryl methyl sites for hydroxylation is 1. The molecule has 0 aliphatic heterocycles. The van der Waals surface area contributed by atoms with Crippen molar-refractivity contribution in [2.24, 2.45) is 0 Å². The third-order valence-electron chi connectivity index (χ3n) is 4.41. The molecule has 4 aromatic rings. The van der Waals surface area contributed by atoms with Crippen LogP contribution in [0.15, 0.2) is 63.6 Å². The van der Waals surface area contributed by atoms with Crippen LogP contribution in [0.4, 0.5) is 0 Å². The number of fused-ring (bicyclic) bond motifs is 3. The zero-order valence-electron chi connectivity index (χ0n) is 15.4. The van der Waals surface area contributed by atoms with E-state index >= 15 is 0 Å². The van der Waals surface area contributed by atoms with Gasteiger partial charge in [0.15, 0.2) is 12.4 Å². The Bertz CT molecular complexity index is 1220. The number of rotatable bonds is 4. The van der Waals surface area contributed by atoms with Crippen molar-refractivity contribution in [3.8, 4) is 0 Å². The fraction of sp³-hybridized carbons (Fsp3) is 0.0952. The number of carbonyl (C=O) groups excluding carboxylic acids is 3. The summed E-state index contributed by atoms with van der Waals surface area (Å²) in [6, 6.07) is 14.5. The van der Waals surface area contributed by atoms with E-state index in [2.05, 4.69) is 10.9 Å². The minimum Gasteiger partial charge on any atom is -0.459 e. The van der Waals surface area contributed by atoms with E-state index in [9.17, 15) is 14.4 Å². The van der Waals surface area contributed by atoms with E-state index in [1.807, 2.05) is 36.4 Å². The zero-order valence-corrected chi connectivity index (χ0v) is 15.4. The molecule has 0 saturated carbocycles. The molecular formula is C21H16N2O6. The molecule has 8 nitrogen and oxygen atoms in total. The van der Waals surface area contributed by atoms with Crippen LogP contribution in [-0.2, 0) is 9.53 Å². The first-order valence-electron chi connectivity index (χ1n) is 8.75. The van der Waals surface area contributed by atoms with E-state index in [-0.39, 0.29) is 11.5 Å². The number of esters is 1. The van der Waals surface area contributed by atoms with Gasteiger partial charge in [-0.3, -0.25) is 20.4 Å². The van der Waals surface area contributed by atoms with Gasteiger partial charge in [0.05, 0.1) is 6.26 Å². The summed E-state index contributed by atoms with van der Waals surface area (Å²) in [6.07, 6.45) is 1.33. The number of nitrogens with one attached hydrogen (secondary N) is 2. The van der Waals surface area contributed by atoms with Gasteiger partial charge in [-0.25, -0.2) is 4.79 Å². The van der Waals surface area contributed by atoms with Gasteiger partial charge in [0.25, 0.3) is 5.91 Å². The first kappa shape index (κ1) is 18.3.